The van der Waals surface area contributed by atoms with E-state index in [0.29, 0.717) is 5.69 Å². The second-order valence-corrected chi connectivity index (χ2v) is 7.38. The predicted molar refractivity (Wildman–Crippen MR) is 95.0 cm³/mol. The van der Waals surface area contributed by atoms with E-state index in [2.05, 4.69) is 39.4 Å². The molecular weight excluding hydrogens is 364 g/mol. The van der Waals surface area contributed by atoms with E-state index in [9.17, 15) is 8.42 Å². The molecule has 0 saturated carbocycles. The summed E-state index contributed by atoms with van der Waals surface area (Å²) in [5, 5.41) is 0. The second kappa shape index (κ2) is 7.15. The molecule has 0 aliphatic carbocycles. The van der Waals surface area contributed by atoms with Gasteiger partial charge in [-0.25, -0.2) is 8.42 Å². The van der Waals surface area contributed by atoms with Crippen molar-refractivity contribution in [2.75, 3.05) is 22.7 Å². The van der Waals surface area contributed by atoms with Crippen LogP contribution < -0.4 is 9.62 Å². The van der Waals surface area contributed by atoms with Gasteiger partial charge in [0.05, 0.1) is 4.90 Å². The zero-order chi connectivity index (χ0) is 16.2. The van der Waals surface area contributed by atoms with Crippen molar-refractivity contribution in [3.63, 3.8) is 0 Å². The van der Waals surface area contributed by atoms with Crippen LogP contribution in [0.15, 0.2) is 57.9 Å². The molecule has 0 heterocycles. The maximum absolute atomic E-state index is 12.3. The molecule has 2 aromatic carbocycles. The Balaban J connectivity index is 2.20. The van der Waals surface area contributed by atoms with Crippen LogP contribution in [0.1, 0.15) is 13.8 Å². The van der Waals surface area contributed by atoms with Crippen molar-refractivity contribution < 1.29 is 8.42 Å². The number of sulfonamides is 1. The van der Waals surface area contributed by atoms with Gasteiger partial charge in [0.25, 0.3) is 10.0 Å². The molecule has 0 radical (unpaired) electrons. The van der Waals surface area contributed by atoms with E-state index in [4.69, 9.17) is 0 Å². The summed E-state index contributed by atoms with van der Waals surface area (Å²) in [6, 6.07) is 14.0. The molecule has 0 spiro atoms. The number of nitrogens with one attached hydrogen (secondary N) is 1. The number of anilines is 2. The Morgan fingerprint density at radius 3 is 2.23 bits per heavy atom. The average molecular weight is 383 g/mol. The number of benzene rings is 2. The van der Waals surface area contributed by atoms with E-state index >= 15 is 0 Å². The van der Waals surface area contributed by atoms with Gasteiger partial charge in [0.15, 0.2) is 0 Å². The zero-order valence-electron chi connectivity index (χ0n) is 12.6. The molecule has 0 aliphatic rings. The summed E-state index contributed by atoms with van der Waals surface area (Å²) in [6.07, 6.45) is 0. The Kier molecular flexibility index (Phi) is 5.47. The van der Waals surface area contributed by atoms with Crippen molar-refractivity contribution in [1.82, 2.24) is 0 Å². The minimum Gasteiger partial charge on any atom is -0.372 e. The van der Waals surface area contributed by atoms with Crippen LogP contribution in [0.5, 0.6) is 0 Å². The van der Waals surface area contributed by atoms with Gasteiger partial charge in [0.2, 0.25) is 0 Å². The van der Waals surface area contributed by atoms with Gasteiger partial charge in [-0.15, -0.1) is 0 Å². The first kappa shape index (κ1) is 16.8. The summed E-state index contributed by atoms with van der Waals surface area (Å²) in [7, 11) is -3.57. The molecule has 6 heteroatoms. The fourth-order valence-electron chi connectivity index (χ4n) is 2.18. The van der Waals surface area contributed by atoms with E-state index < -0.39 is 10.0 Å². The van der Waals surface area contributed by atoms with E-state index in [1.165, 1.54) is 0 Å². The Bertz CT molecular complexity index is 726. The molecule has 0 atom stereocenters. The van der Waals surface area contributed by atoms with Crippen LogP contribution in [0.25, 0.3) is 0 Å². The molecule has 0 amide bonds. The minimum atomic E-state index is -3.57. The van der Waals surface area contributed by atoms with Gasteiger partial charge in [0, 0.05) is 28.9 Å². The van der Waals surface area contributed by atoms with Crippen LogP contribution in [-0.4, -0.2) is 21.5 Å². The van der Waals surface area contributed by atoms with Gasteiger partial charge in [-0.3, -0.25) is 4.72 Å². The van der Waals surface area contributed by atoms with E-state index in [1.807, 2.05) is 12.1 Å². The van der Waals surface area contributed by atoms with Gasteiger partial charge in [0.1, 0.15) is 0 Å². The quantitative estimate of drug-likeness (QED) is 0.817. The van der Waals surface area contributed by atoms with Gasteiger partial charge in [-0.1, -0.05) is 22.0 Å². The van der Waals surface area contributed by atoms with Crippen LogP contribution in [0.3, 0.4) is 0 Å². The maximum Gasteiger partial charge on any atom is 0.261 e. The molecule has 1 N–H and O–H groups in total. The highest BCUT2D eigenvalue weighted by atomic mass is 79.9. The monoisotopic (exact) mass is 382 g/mol. The van der Waals surface area contributed by atoms with Crippen LogP contribution in [0.2, 0.25) is 0 Å². The largest absolute Gasteiger partial charge is 0.372 e. The lowest BCUT2D eigenvalue weighted by molar-refractivity contribution is 0.601. The molecule has 0 bridgehead atoms. The first-order valence-electron chi connectivity index (χ1n) is 7.09. The Hall–Kier alpha value is -1.53. The summed E-state index contributed by atoms with van der Waals surface area (Å²) in [6.45, 7) is 6.01. The Labute approximate surface area is 140 Å². The van der Waals surface area contributed by atoms with Gasteiger partial charge < -0.3 is 4.90 Å². The molecule has 0 saturated heterocycles. The predicted octanol–water partition coefficient (Wildman–Crippen LogP) is 4.10. The molecule has 118 valence electrons. The highest BCUT2D eigenvalue weighted by Crippen LogP contribution is 2.22. The van der Waals surface area contributed by atoms with Crippen molar-refractivity contribution in [3.05, 3.63) is 53.0 Å². The molecule has 22 heavy (non-hydrogen) atoms. The van der Waals surface area contributed by atoms with Crippen LogP contribution in [-0.2, 0) is 10.0 Å². The molecule has 4 nitrogen and oxygen atoms in total. The highest BCUT2D eigenvalue weighted by molar-refractivity contribution is 9.10. The summed E-state index contributed by atoms with van der Waals surface area (Å²) >= 11 is 3.28. The normalized spacial score (nSPS) is 11.2. The van der Waals surface area contributed by atoms with E-state index in [0.717, 1.165) is 23.2 Å². The number of halogens is 1. The minimum absolute atomic E-state index is 0.231. The molecule has 2 aromatic rings. The first-order valence-corrected chi connectivity index (χ1v) is 9.37. The Morgan fingerprint density at radius 2 is 1.68 bits per heavy atom. The lowest BCUT2D eigenvalue weighted by Crippen LogP contribution is -2.21. The number of hydrogen-bond acceptors (Lipinski definition) is 3. The highest BCUT2D eigenvalue weighted by Gasteiger charge is 2.14. The van der Waals surface area contributed by atoms with E-state index in [1.54, 1.807) is 36.4 Å². The van der Waals surface area contributed by atoms with E-state index in [-0.39, 0.29) is 4.90 Å². The molecular formula is C16H19BrN2O2S. The molecule has 2 rings (SSSR count). The smallest absolute Gasteiger partial charge is 0.261 e. The number of nitrogens with zero attached hydrogens (tertiary/aromatic N) is 1. The molecule has 0 aromatic heterocycles. The molecule has 0 aliphatic heterocycles. The molecule has 0 fully saturated rings. The third-order valence-corrected chi connectivity index (χ3v) is 5.23. The van der Waals surface area contributed by atoms with Gasteiger partial charge in [-0.05, 0) is 56.3 Å². The van der Waals surface area contributed by atoms with Crippen molar-refractivity contribution in [3.8, 4) is 0 Å². The molecule has 0 unspecified atom stereocenters. The summed E-state index contributed by atoms with van der Waals surface area (Å²) in [4.78, 5) is 2.43. The van der Waals surface area contributed by atoms with Crippen LogP contribution in [0, 0.1) is 0 Å². The first-order chi connectivity index (χ1) is 10.5. The van der Waals surface area contributed by atoms with Gasteiger partial charge in [-0.2, -0.15) is 0 Å². The fraction of sp³-hybridized carbons (Fsp3) is 0.250. The third kappa shape index (κ3) is 4.01. The van der Waals surface area contributed by atoms with Crippen molar-refractivity contribution in [1.29, 1.82) is 0 Å². The number of rotatable bonds is 6. The fourth-order valence-corrected chi connectivity index (χ4v) is 3.83. The summed E-state index contributed by atoms with van der Waals surface area (Å²) < 4.78 is 28.0. The van der Waals surface area contributed by atoms with Gasteiger partial charge >= 0.3 is 0 Å². The Morgan fingerprint density at radius 1 is 1.05 bits per heavy atom. The number of hydrogen-bond donors (Lipinski definition) is 1. The second-order valence-electron chi connectivity index (χ2n) is 4.78. The zero-order valence-corrected chi connectivity index (χ0v) is 15.0. The topological polar surface area (TPSA) is 49.4 Å². The van der Waals surface area contributed by atoms with Crippen molar-refractivity contribution >= 4 is 37.3 Å². The maximum atomic E-state index is 12.3. The van der Waals surface area contributed by atoms with Crippen molar-refractivity contribution in [2.45, 2.75) is 18.7 Å². The van der Waals surface area contributed by atoms with Crippen molar-refractivity contribution in [2.24, 2.45) is 0 Å². The average Bonchev–Trinajstić information content (AvgIpc) is 2.50. The lowest BCUT2D eigenvalue weighted by atomic mass is 10.2. The lowest BCUT2D eigenvalue weighted by Gasteiger charge is -2.21. The SMILES string of the molecule is CCN(CC)c1ccc(NS(=O)(=O)c2cccc(Br)c2)cc1. The van der Waals surface area contributed by atoms with Crippen LogP contribution >= 0.6 is 15.9 Å². The third-order valence-electron chi connectivity index (χ3n) is 3.35. The standard InChI is InChI=1S/C16H19BrN2O2S/c1-3-19(4-2)15-10-8-14(9-11-15)18-22(20,21)16-7-5-6-13(17)12-16/h5-12,18H,3-4H2,1-2H3. The van der Waals surface area contributed by atoms with Crippen LogP contribution in [0.4, 0.5) is 11.4 Å². The summed E-state index contributed by atoms with van der Waals surface area (Å²) in [5.41, 5.74) is 1.63. The summed E-state index contributed by atoms with van der Waals surface area (Å²) in [5.74, 6) is 0.